The molecule has 28 heavy (non-hydrogen) atoms. The van der Waals surface area contributed by atoms with Crippen LogP contribution in [0, 0.1) is 28.5 Å². The highest BCUT2D eigenvalue weighted by Gasteiger charge is 2.10. The first-order valence-corrected chi connectivity index (χ1v) is 9.46. The Kier molecular flexibility index (Phi) is 5.84. The zero-order chi connectivity index (χ0) is 20.1. The van der Waals surface area contributed by atoms with E-state index in [-0.39, 0.29) is 23.5 Å². The third-order valence-electron chi connectivity index (χ3n) is 4.28. The lowest BCUT2D eigenvalue weighted by molar-refractivity contribution is 0.626. The highest BCUT2D eigenvalue weighted by Crippen LogP contribution is 2.06. The van der Waals surface area contributed by atoms with Gasteiger partial charge in [-0.05, 0) is 41.3 Å². The smallest absolute Gasteiger partial charge is 0.269 e. The topological polar surface area (TPSA) is 69.6 Å². The fourth-order valence-corrected chi connectivity index (χ4v) is 3.79. The number of thiazole rings is 1. The van der Waals surface area contributed by atoms with E-state index >= 15 is 0 Å². The summed E-state index contributed by atoms with van der Waals surface area (Å²) < 4.78 is 15.3. The number of hydrogen-bond donors (Lipinski definition) is 0. The van der Waals surface area contributed by atoms with Gasteiger partial charge in [-0.3, -0.25) is 9.36 Å². The van der Waals surface area contributed by atoms with Crippen molar-refractivity contribution in [3.8, 4) is 12.1 Å². The Morgan fingerprint density at radius 3 is 2.25 bits per heavy atom. The Morgan fingerprint density at radius 2 is 1.68 bits per heavy atom. The average molecular weight is 389 g/mol. The monoisotopic (exact) mass is 389 g/mol. The average Bonchev–Trinajstić information content (AvgIpc) is 3.01. The largest absolute Gasteiger partial charge is 0.293 e. The van der Waals surface area contributed by atoms with Crippen molar-refractivity contribution in [1.82, 2.24) is 4.57 Å². The maximum atomic E-state index is 13.2. The van der Waals surface area contributed by atoms with Gasteiger partial charge in [0.1, 0.15) is 22.6 Å². The molecule has 0 saturated heterocycles. The summed E-state index contributed by atoms with van der Waals surface area (Å²) in [6, 6.07) is 17.4. The quantitative estimate of drug-likeness (QED) is 0.689. The SMILES string of the molecule is CCc1ccc(/C=c2\sc(=C(C#N)C#N)n(Cc3ccc(F)cc3)c2=O)cc1. The number of halogens is 1. The number of hydrogen-bond acceptors (Lipinski definition) is 4. The van der Waals surface area contributed by atoms with Crippen LogP contribution < -0.4 is 14.8 Å². The second-order valence-electron chi connectivity index (χ2n) is 6.13. The van der Waals surface area contributed by atoms with Crippen molar-refractivity contribution in [3.63, 3.8) is 0 Å². The van der Waals surface area contributed by atoms with Crippen LogP contribution in [0.4, 0.5) is 4.39 Å². The Hall–Kier alpha value is -3.48. The normalized spacial score (nSPS) is 11.1. The second-order valence-corrected chi connectivity index (χ2v) is 7.16. The fourth-order valence-electron chi connectivity index (χ4n) is 2.74. The summed E-state index contributed by atoms with van der Waals surface area (Å²) in [5, 5.41) is 18.6. The zero-order valence-electron chi connectivity index (χ0n) is 15.1. The van der Waals surface area contributed by atoms with E-state index in [1.54, 1.807) is 18.2 Å². The first-order valence-electron chi connectivity index (χ1n) is 8.65. The van der Waals surface area contributed by atoms with Crippen LogP contribution in [-0.4, -0.2) is 4.57 Å². The van der Waals surface area contributed by atoms with E-state index in [4.69, 9.17) is 0 Å². The van der Waals surface area contributed by atoms with Gasteiger partial charge in [0.2, 0.25) is 0 Å². The summed E-state index contributed by atoms with van der Waals surface area (Å²) in [4.78, 5) is 13.0. The Balaban J connectivity index is 2.18. The van der Waals surface area contributed by atoms with Crippen LogP contribution in [-0.2, 0) is 13.0 Å². The lowest BCUT2D eigenvalue weighted by Gasteiger charge is -2.02. The molecule has 4 nitrogen and oxygen atoms in total. The van der Waals surface area contributed by atoms with Crippen molar-refractivity contribution in [3.05, 3.63) is 90.6 Å². The molecule has 1 heterocycles. The molecular weight excluding hydrogens is 373 g/mol. The van der Waals surface area contributed by atoms with Crippen LogP contribution in [0.3, 0.4) is 0 Å². The van der Waals surface area contributed by atoms with Crippen LogP contribution in [0.15, 0.2) is 53.3 Å². The first kappa shape index (κ1) is 19.3. The van der Waals surface area contributed by atoms with Gasteiger partial charge in [0.05, 0.1) is 11.1 Å². The van der Waals surface area contributed by atoms with Crippen molar-refractivity contribution in [2.24, 2.45) is 0 Å². The van der Waals surface area contributed by atoms with E-state index in [0.29, 0.717) is 14.8 Å². The molecule has 6 heteroatoms. The van der Waals surface area contributed by atoms with Gasteiger partial charge in [-0.25, -0.2) is 4.39 Å². The Bertz CT molecular complexity index is 1240. The molecule has 3 aromatic rings. The molecule has 0 aliphatic rings. The van der Waals surface area contributed by atoms with Crippen LogP contribution in [0.25, 0.3) is 11.6 Å². The van der Waals surface area contributed by atoms with Crippen molar-refractivity contribution >= 4 is 23.0 Å². The summed E-state index contributed by atoms with van der Waals surface area (Å²) in [7, 11) is 0. The van der Waals surface area contributed by atoms with Gasteiger partial charge in [-0.15, -0.1) is 11.3 Å². The van der Waals surface area contributed by atoms with Gasteiger partial charge >= 0.3 is 0 Å². The van der Waals surface area contributed by atoms with Gasteiger partial charge in [0.25, 0.3) is 5.56 Å². The van der Waals surface area contributed by atoms with Crippen molar-refractivity contribution < 1.29 is 4.39 Å². The predicted octanol–water partition coefficient (Wildman–Crippen LogP) is 2.69. The summed E-state index contributed by atoms with van der Waals surface area (Å²) >= 11 is 1.11. The molecule has 0 aliphatic carbocycles. The second kappa shape index (κ2) is 8.47. The Labute approximate surface area is 165 Å². The molecule has 3 rings (SSSR count). The van der Waals surface area contributed by atoms with E-state index in [2.05, 4.69) is 6.92 Å². The van der Waals surface area contributed by atoms with E-state index in [9.17, 15) is 19.7 Å². The molecule has 0 aliphatic heterocycles. The molecular formula is C22H16FN3OS. The first-order chi connectivity index (χ1) is 13.5. The maximum Gasteiger partial charge on any atom is 0.269 e. The van der Waals surface area contributed by atoms with E-state index < -0.39 is 0 Å². The molecule has 2 aromatic carbocycles. The summed E-state index contributed by atoms with van der Waals surface area (Å²) in [6.07, 6.45) is 2.68. The van der Waals surface area contributed by atoms with E-state index in [1.807, 2.05) is 36.4 Å². The molecule has 0 amide bonds. The molecule has 0 bridgehead atoms. The fraction of sp³-hybridized carbons (Fsp3) is 0.136. The van der Waals surface area contributed by atoms with Gasteiger partial charge in [-0.1, -0.05) is 43.3 Å². The van der Waals surface area contributed by atoms with E-state index in [0.717, 1.165) is 23.3 Å². The lowest BCUT2D eigenvalue weighted by Crippen LogP contribution is -2.32. The maximum absolute atomic E-state index is 13.2. The number of aromatic nitrogens is 1. The van der Waals surface area contributed by atoms with Crippen molar-refractivity contribution in [1.29, 1.82) is 10.5 Å². The van der Waals surface area contributed by atoms with Crippen LogP contribution in [0.1, 0.15) is 23.6 Å². The minimum absolute atomic E-state index is 0.120. The zero-order valence-corrected chi connectivity index (χ0v) is 16.0. The Morgan fingerprint density at radius 1 is 1.07 bits per heavy atom. The van der Waals surface area contributed by atoms with Gasteiger partial charge < -0.3 is 0 Å². The minimum Gasteiger partial charge on any atom is -0.293 e. The van der Waals surface area contributed by atoms with Gasteiger partial charge in [0.15, 0.2) is 5.57 Å². The van der Waals surface area contributed by atoms with Crippen molar-refractivity contribution in [2.45, 2.75) is 19.9 Å². The number of benzene rings is 2. The van der Waals surface area contributed by atoms with Crippen LogP contribution >= 0.6 is 11.3 Å². The summed E-state index contributed by atoms with van der Waals surface area (Å²) in [6.45, 7) is 2.22. The summed E-state index contributed by atoms with van der Waals surface area (Å²) in [5.74, 6) is -0.368. The lowest BCUT2D eigenvalue weighted by atomic mass is 10.1. The van der Waals surface area contributed by atoms with Crippen LogP contribution in [0.5, 0.6) is 0 Å². The third-order valence-corrected chi connectivity index (χ3v) is 5.42. The molecule has 0 saturated carbocycles. The number of aryl methyl sites for hydroxylation is 1. The molecule has 138 valence electrons. The molecule has 0 atom stereocenters. The van der Waals surface area contributed by atoms with Crippen molar-refractivity contribution in [2.75, 3.05) is 0 Å². The number of rotatable bonds is 4. The van der Waals surface area contributed by atoms with Gasteiger partial charge in [-0.2, -0.15) is 10.5 Å². The van der Waals surface area contributed by atoms with E-state index in [1.165, 1.54) is 22.3 Å². The molecule has 0 unspecified atom stereocenters. The number of nitriles is 2. The third kappa shape index (κ3) is 4.09. The molecule has 1 aromatic heterocycles. The molecule has 0 N–H and O–H groups in total. The predicted molar refractivity (Wildman–Crippen MR) is 107 cm³/mol. The molecule has 0 fully saturated rings. The molecule has 0 radical (unpaired) electrons. The highest BCUT2D eigenvalue weighted by atomic mass is 32.1. The standard InChI is InChI=1S/C22H16FN3OS/c1-2-15-3-5-16(6-4-15)11-20-21(27)26(22(28-20)18(12-24)13-25)14-17-7-9-19(23)10-8-17/h3-11H,2,14H2,1H3/b20-11-. The van der Waals surface area contributed by atoms with Crippen LogP contribution in [0.2, 0.25) is 0 Å². The summed E-state index contributed by atoms with van der Waals surface area (Å²) in [5.41, 5.74) is 2.36. The molecule has 0 spiro atoms. The van der Waals surface area contributed by atoms with Gasteiger partial charge in [0, 0.05) is 0 Å². The number of nitrogens with zero attached hydrogens (tertiary/aromatic N) is 3. The highest BCUT2D eigenvalue weighted by molar-refractivity contribution is 7.07. The minimum atomic E-state index is -0.368.